The summed E-state index contributed by atoms with van der Waals surface area (Å²) in [4.78, 5) is 26.4. The van der Waals surface area contributed by atoms with Crippen LogP contribution in [0, 0.1) is 0 Å². The number of nitrogens with zero attached hydrogens (tertiary/aromatic N) is 1. The first-order valence-corrected chi connectivity index (χ1v) is 9.93. The van der Waals surface area contributed by atoms with Crippen LogP contribution >= 0.6 is 0 Å². The van der Waals surface area contributed by atoms with Crippen LogP contribution in [0.2, 0.25) is 0 Å². The molecule has 1 N–H and O–H groups in total. The molecule has 3 aromatic carbocycles. The van der Waals surface area contributed by atoms with E-state index in [4.69, 9.17) is 0 Å². The Balaban J connectivity index is 1.40. The fourth-order valence-corrected chi connectivity index (χ4v) is 4.69. The fourth-order valence-electron chi connectivity index (χ4n) is 4.69. The first kappa shape index (κ1) is 17.7. The average Bonchev–Trinajstić information content (AvgIpc) is 3.07. The molecule has 0 saturated carbocycles. The summed E-state index contributed by atoms with van der Waals surface area (Å²) < 4.78 is 0. The van der Waals surface area contributed by atoms with Gasteiger partial charge in [-0.1, -0.05) is 54.6 Å². The van der Waals surface area contributed by atoms with E-state index in [9.17, 15) is 14.7 Å². The molecule has 1 aliphatic heterocycles. The second kappa shape index (κ2) is 6.89. The zero-order valence-electron chi connectivity index (χ0n) is 16.0. The monoisotopic (exact) mass is 383 g/mol. The van der Waals surface area contributed by atoms with E-state index >= 15 is 0 Å². The van der Waals surface area contributed by atoms with Crippen LogP contribution in [0.15, 0.2) is 66.7 Å². The van der Waals surface area contributed by atoms with Crippen molar-refractivity contribution in [3.8, 4) is 11.1 Å². The van der Waals surface area contributed by atoms with Crippen molar-refractivity contribution >= 4 is 11.9 Å². The number of rotatable bonds is 3. The van der Waals surface area contributed by atoms with E-state index in [1.165, 1.54) is 22.3 Å². The molecule has 3 aromatic rings. The Kier molecular flexibility index (Phi) is 4.20. The van der Waals surface area contributed by atoms with Crippen LogP contribution in [-0.4, -0.2) is 28.4 Å². The lowest BCUT2D eigenvalue weighted by Crippen LogP contribution is -2.36. The topological polar surface area (TPSA) is 57.6 Å². The Bertz CT molecular complexity index is 1090. The fraction of sp³-hybridized carbons (Fsp3) is 0.200. The predicted octanol–water partition coefficient (Wildman–Crippen LogP) is 4.47. The first-order valence-electron chi connectivity index (χ1n) is 9.93. The highest BCUT2D eigenvalue weighted by Crippen LogP contribution is 2.46. The molecule has 4 nitrogen and oxygen atoms in total. The molecule has 29 heavy (non-hydrogen) atoms. The maximum absolute atomic E-state index is 13.2. The summed E-state index contributed by atoms with van der Waals surface area (Å²) in [6.07, 6.45) is 1.20. The van der Waals surface area contributed by atoms with Gasteiger partial charge in [0.1, 0.15) is 0 Å². The molecule has 0 unspecified atom stereocenters. The molecule has 2 aliphatic rings. The summed E-state index contributed by atoms with van der Waals surface area (Å²) in [5, 5.41) is 9.26. The molecule has 0 aromatic heterocycles. The van der Waals surface area contributed by atoms with Crippen LogP contribution < -0.4 is 0 Å². The summed E-state index contributed by atoms with van der Waals surface area (Å²) in [7, 11) is 0. The summed E-state index contributed by atoms with van der Waals surface area (Å²) in [6, 6.07) is 21.9. The lowest BCUT2D eigenvalue weighted by atomic mass is 9.92. The van der Waals surface area contributed by atoms with Crippen LogP contribution in [0.1, 0.15) is 45.0 Å². The van der Waals surface area contributed by atoms with Gasteiger partial charge in [0.25, 0.3) is 0 Å². The number of benzene rings is 3. The zero-order valence-corrected chi connectivity index (χ0v) is 16.0. The summed E-state index contributed by atoms with van der Waals surface area (Å²) in [5.74, 6) is -0.745. The van der Waals surface area contributed by atoms with Gasteiger partial charge in [0.05, 0.1) is 5.56 Å². The molecular weight excluding hydrogens is 362 g/mol. The number of hydrogen-bond donors (Lipinski definition) is 1. The van der Waals surface area contributed by atoms with Crippen molar-refractivity contribution in [2.75, 3.05) is 6.54 Å². The van der Waals surface area contributed by atoms with Gasteiger partial charge >= 0.3 is 5.97 Å². The van der Waals surface area contributed by atoms with Crippen LogP contribution in [0.4, 0.5) is 0 Å². The number of amides is 1. The third-order valence-electron chi connectivity index (χ3n) is 6.16. The first-order chi connectivity index (χ1) is 14.1. The third-order valence-corrected chi connectivity index (χ3v) is 6.16. The number of carbonyl (C=O) groups is 2. The average molecular weight is 383 g/mol. The van der Waals surface area contributed by atoms with Gasteiger partial charge in [-0.3, -0.25) is 4.79 Å². The molecule has 0 atom stereocenters. The minimum absolute atomic E-state index is 0.0710. The Morgan fingerprint density at radius 2 is 1.55 bits per heavy atom. The van der Waals surface area contributed by atoms with E-state index < -0.39 is 5.97 Å². The van der Waals surface area contributed by atoms with E-state index in [0.29, 0.717) is 19.5 Å². The second-order valence-electron chi connectivity index (χ2n) is 7.79. The summed E-state index contributed by atoms with van der Waals surface area (Å²) in [6.45, 7) is 1.15. The molecular formula is C25H21NO3. The van der Waals surface area contributed by atoms with Gasteiger partial charge in [0.2, 0.25) is 5.91 Å². The lowest BCUT2D eigenvalue weighted by molar-refractivity contribution is -0.132. The summed E-state index contributed by atoms with van der Waals surface area (Å²) in [5.41, 5.74) is 7.22. The highest BCUT2D eigenvalue weighted by molar-refractivity contribution is 5.88. The number of carboxylic acids is 1. The number of aromatic carboxylic acids is 1. The minimum Gasteiger partial charge on any atom is -0.478 e. The molecule has 0 saturated heterocycles. The molecule has 0 fully saturated rings. The van der Waals surface area contributed by atoms with Crippen molar-refractivity contribution in [2.45, 2.75) is 25.3 Å². The number of carbonyl (C=O) groups excluding carboxylic acids is 1. The SMILES string of the molecule is O=C(O)c1ccc2c(c1)CN(C(=O)CC1c3ccccc3-c3ccccc31)CC2. The molecule has 0 radical (unpaired) electrons. The molecule has 0 bridgehead atoms. The lowest BCUT2D eigenvalue weighted by Gasteiger charge is -2.30. The van der Waals surface area contributed by atoms with Crippen molar-refractivity contribution in [1.29, 1.82) is 0 Å². The molecule has 1 heterocycles. The molecule has 144 valence electrons. The van der Waals surface area contributed by atoms with E-state index in [2.05, 4.69) is 24.3 Å². The smallest absolute Gasteiger partial charge is 0.335 e. The van der Waals surface area contributed by atoms with Gasteiger partial charge in [-0.2, -0.15) is 0 Å². The van der Waals surface area contributed by atoms with Gasteiger partial charge in [0.15, 0.2) is 0 Å². The molecule has 4 heteroatoms. The maximum Gasteiger partial charge on any atom is 0.335 e. The van der Waals surface area contributed by atoms with Gasteiger partial charge in [-0.15, -0.1) is 0 Å². The van der Waals surface area contributed by atoms with E-state index in [1.807, 2.05) is 35.2 Å². The highest BCUT2D eigenvalue weighted by Gasteiger charge is 2.32. The molecule has 1 aliphatic carbocycles. The highest BCUT2D eigenvalue weighted by atomic mass is 16.4. The van der Waals surface area contributed by atoms with Crippen molar-refractivity contribution < 1.29 is 14.7 Å². The number of fused-ring (bicyclic) bond motifs is 4. The molecule has 0 spiro atoms. The van der Waals surface area contributed by atoms with Crippen LogP contribution in [-0.2, 0) is 17.8 Å². The largest absolute Gasteiger partial charge is 0.478 e. The normalized spacial score (nSPS) is 14.8. The van der Waals surface area contributed by atoms with Crippen molar-refractivity contribution in [3.63, 3.8) is 0 Å². The van der Waals surface area contributed by atoms with Crippen molar-refractivity contribution in [2.24, 2.45) is 0 Å². The predicted molar refractivity (Wildman–Crippen MR) is 111 cm³/mol. The van der Waals surface area contributed by atoms with Crippen molar-refractivity contribution in [1.82, 2.24) is 4.90 Å². The zero-order chi connectivity index (χ0) is 20.0. The van der Waals surface area contributed by atoms with E-state index in [0.717, 1.165) is 17.5 Å². The quantitative estimate of drug-likeness (QED) is 0.726. The Labute approximate surface area is 169 Å². The van der Waals surface area contributed by atoms with Gasteiger partial charge in [-0.05, 0) is 51.9 Å². The Morgan fingerprint density at radius 3 is 2.21 bits per heavy atom. The van der Waals surface area contributed by atoms with Gasteiger partial charge in [-0.25, -0.2) is 4.79 Å². The van der Waals surface area contributed by atoms with Gasteiger partial charge in [0, 0.05) is 25.4 Å². The van der Waals surface area contributed by atoms with Crippen LogP contribution in [0.25, 0.3) is 11.1 Å². The van der Waals surface area contributed by atoms with Crippen LogP contribution in [0.3, 0.4) is 0 Å². The van der Waals surface area contributed by atoms with E-state index in [1.54, 1.807) is 12.1 Å². The molecule has 5 rings (SSSR count). The second-order valence-corrected chi connectivity index (χ2v) is 7.79. The van der Waals surface area contributed by atoms with Crippen molar-refractivity contribution in [3.05, 3.63) is 94.5 Å². The third kappa shape index (κ3) is 3.01. The summed E-state index contributed by atoms with van der Waals surface area (Å²) >= 11 is 0. The van der Waals surface area contributed by atoms with Crippen LogP contribution in [0.5, 0.6) is 0 Å². The molecule has 1 amide bonds. The maximum atomic E-state index is 13.2. The van der Waals surface area contributed by atoms with Gasteiger partial charge < -0.3 is 10.0 Å². The number of carboxylic acid groups (broad SMARTS) is 1. The Morgan fingerprint density at radius 1 is 0.897 bits per heavy atom. The minimum atomic E-state index is -0.935. The Hall–Kier alpha value is -3.40. The standard InChI is InChI=1S/C25H21NO3/c27-24(26-12-11-16-9-10-17(25(28)29)13-18(16)15-26)14-23-21-7-3-1-5-19(21)20-6-2-4-8-22(20)23/h1-10,13,23H,11-12,14-15H2,(H,28,29). The van der Waals surface area contributed by atoms with E-state index in [-0.39, 0.29) is 17.4 Å². The number of hydrogen-bond acceptors (Lipinski definition) is 2.